The largest absolute Gasteiger partial charge is 0.383 e. The molecule has 0 aromatic rings. The average Bonchev–Trinajstić information content (AvgIpc) is 2.12. The van der Waals surface area contributed by atoms with Gasteiger partial charge in [-0.1, -0.05) is 34.1 Å². The van der Waals surface area contributed by atoms with E-state index >= 15 is 0 Å². The summed E-state index contributed by atoms with van der Waals surface area (Å²) < 4.78 is 5.20. The first-order valence-electron chi connectivity index (χ1n) is 5.84. The van der Waals surface area contributed by atoms with Crippen LogP contribution >= 0.6 is 0 Å². The van der Waals surface area contributed by atoms with Gasteiger partial charge in [0.25, 0.3) is 0 Å². The van der Waals surface area contributed by atoms with E-state index in [1.807, 2.05) is 0 Å². The van der Waals surface area contributed by atoms with Gasteiger partial charge in [-0.2, -0.15) is 0 Å². The predicted molar refractivity (Wildman–Crippen MR) is 62.6 cm³/mol. The molecule has 86 valence electrons. The fourth-order valence-electron chi connectivity index (χ4n) is 1.61. The van der Waals surface area contributed by atoms with Crippen LogP contribution in [0.3, 0.4) is 0 Å². The maximum Gasteiger partial charge on any atom is 0.0618 e. The highest BCUT2D eigenvalue weighted by Crippen LogP contribution is 2.06. The third-order valence-electron chi connectivity index (χ3n) is 2.66. The van der Waals surface area contributed by atoms with Gasteiger partial charge in [0.1, 0.15) is 0 Å². The molecule has 1 N–H and O–H groups in total. The van der Waals surface area contributed by atoms with E-state index in [0.717, 1.165) is 19.1 Å². The van der Waals surface area contributed by atoms with Crippen molar-refractivity contribution in [3.8, 4) is 0 Å². The number of hydrogen-bond acceptors (Lipinski definition) is 2. The zero-order valence-corrected chi connectivity index (χ0v) is 10.5. The molecule has 0 saturated heterocycles. The first-order valence-corrected chi connectivity index (χ1v) is 5.84. The monoisotopic (exact) mass is 201 g/mol. The zero-order valence-electron chi connectivity index (χ0n) is 10.5. The van der Waals surface area contributed by atoms with Crippen LogP contribution in [0.1, 0.15) is 40.5 Å². The van der Waals surface area contributed by atoms with Crippen LogP contribution in [-0.4, -0.2) is 26.3 Å². The first kappa shape index (κ1) is 13.9. The van der Waals surface area contributed by atoms with E-state index in [9.17, 15) is 0 Å². The minimum atomic E-state index is 0.499. The molecule has 14 heavy (non-hydrogen) atoms. The van der Waals surface area contributed by atoms with Crippen molar-refractivity contribution in [3.05, 3.63) is 0 Å². The van der Waals surface area contributed by atoms with Crippen LogP contribution < -0.4 is 5.32 Å². The Kier molecular flexibility index (Phi) is 8.20. The van der Waals surface area contributed by atoms with E-state index < -0.39 is 0 Å². The summed E-state index contributed by atoms with van der Waals surface area (Å²) in [4.78, 5) is 0. The first-order chi connectivity index (χ1) is 6.61. The molecular formula is C12H27NO. The summed E-state index contributed by atoms with van der Waals surface area (Å²) in [5.41, 5.74) is 0. The second-order valence-corrected chi connectivity index (χ2v) is 4.61. The third-order valence-corrected chi connectivity index (χ3v) is 2.66. The van der Waals surface area contributed by atoms with Gasteiger partial charge in [0.05, 0.1) is 6.61 Å². The van der Waals surface area contributed by atoms with Gasteiger partial charge >= 0.3 is 0 Å². The van der Waals surface area contributed by atoms with Crippen LogP contribution in [0.4, 0.5) is 0 Å². The van der Waals surface area contributed by atoms with E-state index in [4.69, 9.17) is 4.74 Å². The van der Waals surface area contributed by atoms with Crippen LogP contribution in [0, 0.1) is 11.8 Å². The van der Waals surface area contributed by atoms with Crippen molar-refractivity contribution >= 4 is 0 Å². The Bertz CT molecular complexity index is 125. The van der Waals surface area contributed by atoms with Crippen LogP contribution in [0.25, 0.3) is 0 Å². The van der Waals surface area contributed by atoms with Gasteiger partial charge in [-0.3, -0.25) is 0 Å². The topological polar surface area (TPSA) is 21.3 Å². The maximum absolute atomic E-state index is 5.20. The average molecular weight is 201 g/mol. The normalized spacial score (nSPS) is 15.9. The summed E-state index contributed by atoms with van der Waals surface area (Å²) in [7, 11) is 1.77. The molecule has 0 aliphatic rings. The smallest absolute Gasteiger partial charge is 0.0618 e. The predicted octanol–water partition coefficient (Wildman–Crippen LogP) is 2.68. The molecule has 0 spiro atoms. The minimum absolute atomic E-state index is 0.499. The summed E-state index contributed by atoms with van der Waals surface area (Å²) in [6.07, 6.45) is 2.59. The van der Waals surface area contributed by atoms with Crippen molar-refractivity contribution in [2.45, 2.75) is 46.6 Å². The Morgan fingerprint density at radius 3 is 2.29 bits per heavy atom. The van der Waals surface area contributed by atoms with E-state index in [-0.39, 0.29) is 0 Å². The second kappa shape index (κ2) is 8.25. The van der Waals surface area contributed by atoms with Crippen molar-refractivity contribution in [2.24, 2.45) is 11.8 Å². The number of hydrogen-bond donors (Lipinski definition) is 1. The lowest BCUT2D eigenvalue weighted by Crippen LogP contribution is -2.39. The van der Waals surface area contributed by atoms with Crippen LogP contribution in [0.2, 0.25) is 0 Å². The molecule has 2 atom stereocenters. The molecule has 0 aromatic carbocycles. The third kappa shape index (κ3) is 6.39. The molecule has 0 fully saturated rings. The highest BCUT2D eigenvalue weighted by atomic mass is 16.5. The molecule has 0 aliphatic heterocycles. The quantitative estimate of drug-likeness (QED) is 0.652. The molecule has 0 rings (SSSR count). The molecule has 0 aliphatic carbocycles. The summed E-state index contributed by atoms with van der Waals surface area (Å²) in [5, 5.41) is 3.58. The summed E-state index contributed by atoms with van der Waals surface area (Å²) in [6.45, 7) is 10.9. The van der Waals surface area contributed by atoms with Gasteiger partial charge in [0.2, 0.25) is 0 Å². The van der Waals surface area contributed by atoms with Crippen molar-refractivity contribution in [1.29, 1.82) is 0 Å². The van der Waals surface area contributed by atoms with E-state index in [1.54, 1.807) is 7.11 Å². The second-order valence-electron chi connectivity index (χ2n) is 4.61. The molecule has 0 amide bonds. The molecule has 0 aromatic heterocycles. The molecule has 2 unspecified atom stereocenters. The summed E-state index contributed by atoms with van der Waals surface area (Å²) in [6, 6.07) is 0.499. The number of methoxy groups -OCH3 is 1. The number of rotatable bonds is 8. The molecule has 2 heteroatoms. The Balaban J connectivity index is 3.69. The highest BCUT2D eigenvalue weighted by Gasteiger charge is 2.13. The van der Waals surface area contributed by atoms with Crippen molar-refractivity contribution in [3.63, 3.8) is 0 Å². The van der Waals surface area contributed by atoms with E-state index in [0.29, 0.717) is 12.0 Å². The van der Waals surface area contributed by atoms with Crippen LogP contribution in [-0.2, 0) is 4.74 Å². The lowest BCUT2D eigenvalue weighted by molar-refractivity contribution is 0.144. The fourth-order valence-corrected chi connectivity index (χ4v) is 1.61. The molecular weight excluding hydrogens is 174 g/mol. The van der Waals surface area contributed by atoms with Gasteiger partial charge in [-0.15, -0.1) is 0 Å². The Morgan fingerprint density at radius 2 is 1.86 bits per heavy atom. The number of ether oxygens (including phenoxy) is 1. The van der Waals surface area contributed by atoms with Gasteiger partial charge in [-0.25, -0.2) is 0 Å². The zero-order chi connectivity index (χ0) is 11.0. The highest BCUT2D eigenvalue weighted by molar-refractivity contribution is 4.71. The Labute approximate surface area is 89.4 Å². The maximum atomic E-state index is 5.20. The van der Waals surface area contributed by atoms with Crippen molar-refractivity contribution in [2.75, 3.05) is 20.3 Å². The van der Waals surface area contributed by atoms with Crippen molar-refractivity contribution < 1.29 is 4.74 Å². The molecule has 0 saturated carbocycles. The lowest BCUT2D eigenvalue weighted by atomic mass is 10.0. The summed E-state index contributed by atoms with van der Waals surface area (Å²) >= 11 is 0. The molecule has 0 heterocycles. The van der Waals surface area contributed by atoms with Crippen molar-refractivity contribution in [1.82, 2.24) is 5.32 Å². The molecule has 0 bridgehead atoms. The fraction of sp³-hybridized carbons (Fsp3) is 1.00. The van der Waals surface area contributed by atoms with E-state index in [2.05, 4.69) is 33.0 Å². The van der Waals surface area contributed by atoms with Gasteiger partial charge in [0, 0.05) is 13.2 Å². The Morgan fingerprint density at radius 1 is 1.21 bits per heavy atom. The molecule has 2 nitrogen and oxygen atoms in total. The van der Waals surface area contributed by atoms with Crippen LogP contribution in [0.5, 0.6) is 0 Å². The SMILES string of the molecule is CCCC(C)CNC(COC)C(C)C. The van der Waals surface area contributed by atoms with Gasteiger partial charge < -0.3 is 10.1 Å². The van der Waals surface area contributed by atoms with E-state index in [1.165, 1.54) is 12.8 Å². The molecule has 0 radical (unpaired) electrons. The minimum Gasteiger partial charge on any atom is -0.383 e. The summed E-state index contributed by atoms with van der Waals surface area (Å²) in [5.74, 6) is 1.42. The Hall–Kier alpha value is -0.0800. The van der Waals surface area contributed by atoms with Gasteiger partial charge in [-0.05, 0) is 24.8 Å². The standard InChI is InChI=1S/C12H27NO/c1-6-7-11(4)8-13-12(9-14-5)10(2)3/h10-13H,6-9H2,1-5H3. The van der Waals surface area contributed by atoms with Gasteiger partial charge in [0.15, 0.2) is 0 Å². The van der Waals surface area contributed by atoms with Crippen LogP contribution in [0.15, 0.2) is 0 Å². The number of nitrogens with one attached hydrogen (secondary N) is 1. The lowest BCUT2D eigenvalue weighted by Gasteiger charge is -2.23.